The number of unbranched alkanes of at least 4 members (excludes halogenated alkanes) is 4. The van der Waals surface area contributed by atoms with Gasteiger partial charge in [-0.2, -0.15) is 0 Å². The van der Waals surface area contributed by atoms with Crippen LogP contribution in [-0.2, 0) is 9.53 Å². The Kier molecular flexibility index (Phi) is 11.7. The zero-order chi connectivity index (χ0) is 23.0. The molecule has 32 heavy (non-hydrogen) atoms. The van der Waals surface area contributed by atoms with Crippen LogP contribution in [0.25, 0.3) is 0 Å². The number of benzene rings is 2. The molecule has 0 atom stereocenters. The van der Waals surface area contributed by atoms with Gasteiger partial charge in [-0.05, 0) is 55.0 Å². The van der Waals surface area contributed by atoms with Crippen LogP contribution in [0.15, 0.2) is 48.5 Å². The van der Waals surface area contributed by atoms with Crippen molar-refractivity contribution in [1.82, 2.24) is 5.32 Å². The summed E-state index contributed by atoms with van der Waals surface area (Å²) in [6.07, 6.45) is 6.03. The van der Waals surface area contributed by atoms with Crippen LogP contribution in [0.1, 0.15) is 49.4 Å². The minimum atomic E-state index is -0.157. The third-order valence-electron chi connectivity index (χ3n) is 4.85. The first-order valence-corrected chi connectivity index (χ1v) is 11.3. The first-order chi connectivity index (χ1) is 15.6. The molecule has 0 saturated carbocycles. The molecule has 0 bridgehead atoms. The van der Waals surface area contributed by atoms with Crippen LogP contribution >= 0.6 is 0 Å². The molecule has 0 saturated heterocycles. The van der Waals surface area contributed by atoms with Gasteiger partial charge in [0.15, 0.2) is 0 Å². The lowest BCUT2D eigenvalue weighted by Gasteiger charge is -2.10. The molecule has 2 amide bonds. The molecule has 7 nitrogen and oxygen atoms in total. The van der Waals surface area contributed by atoms with E-state index in [0.29, 0.717) is 25.3 Å². The van der Waals surface area contributed by atoms with Crippen LogP contribution < -0.4 is 20.7 Å². The average molecular weight is 442 g/mol. The van der Waals surface area contributed by atoms with Gasteiger partial charge in [-0.15, -0.1) is 0 Å². The van der Waals surface area contributed by atoms with Crippen LogP contribution in [-0.4, -0.2) is 45.2 Å². The summed E-state index contributed by atoms with van der Waals surface area (Å²) in [5.74, 6) is 0.495. The van der Waals surface area contributed by atoms with E-state index in [0.717, 1.165) is 23.5 Å². The second kappa shape index (κ2) is 14.9. The molecular formula is C25H35N3O4. The van der Waals surface area contributed by atoms with Crippen LogP contribution in [0, 0.1) is 0 Å². The Morgan fingerprint density at radius 3 is 2.22 bits per heavy atom. The zero-order valence-electron chi connectivity index (χ0n) is 19.1. The van der Waals surface area contributed by atoms with Crippen molar-refractivity contribution < 1.29 is 19.1 Å². The Labute approximate surface area is 190 Å². The fourth-order valence-corrected chi connectivity index (χ4v) is 3.03. The summed E-state index contributed by atoms with van der Waals surface area (Å²) in [4.78, 5) is 24.2. The first kappa shape index (κ1) is 25.2. The first-order valence-electron chi connectivity index (χ1n) is 11.3. The molecular weight excluding hydrogens is 406 g/mol. The standard InChI is InChI=1S/C25H35N3O4/c1-3-4-5-6-7-17-32-23-14-12-22(13-15-23)28-24(29)19-27-21-10-8-20(9-11-21)25(30)26-16-18-31-2/h8-15,27H,3-7,16-19H2,1-2H3,(H,26,30)(H,28,29). The van der Waals surface area contributed by atoms with Gasteiger partial charge in [0.1, 0.15) is 5.75 Å². The number of anilines is 2. The van der Waals surface area contributed by atoms with E-state index in [1.54, 1.807) is 31.4 Å². The SMILES string of the molecule is CCCCCCCOc1ccc(NC(=O)CNc2ccc(C(=O)NCCOC)cc2)cc1. The number of carbonyl (C=O) groups is 2. The highest BCUT2D eigenvalue weighted by Gasteiger charge is 2.06. The van der Waals surface area contributed by atoms with Gasteiger partial charge in [0, 0.05) is 30.6 Å². The van der Waals surface area contributed by atoms with Gasteiger partial charge < -0.3 is 25.4 Å². The van der Waals surface area contributed by atoms with Gasteiger partial charge in [0.25, 0.3) is 5.91 Å². The summed E-state index contributed by atoms with van der Waals surface area (Å²) in [6.45, 7) is 3.97. The Morgan fingerprint density at radius 1 is 0.844 bits per heavy atom. The molecule has 0 aliphatic rings. The lowest BCUT2D eigenvalue weighted by molar-refractivity contribution is -0.114. The molecule has 0 spiro atoms. The molecule has 3 N–H and O–H groups in total. The number of nitrogens with one attached hydrogen (secondary N) is 3. The van der Waals surface area contributed by atoms with Crippen molar-refractivity contribution in [2.24, 2.45) is 0 Å². The minimum Gasteiger partial charge on any atom is -0.494 e. The number of amides is 2. The van der Waals surface area contributed by atoms with Crippen molar-refractivity contribution in [1.29, 1.82) is 0 Å². The summed E-state index contributed by atoms with van der Waals surface area (Å²) in [7, 11) is 1.59. The summed E-state index contributed by atoms with van der Waals surface area (Å²) >= 11 is 0. The number of hydrogen-bond acceptors (Lipinski definition) is 5. The van der Waals surface area contributed by atoms with Crippen LogP contribution in [0.3, 0.4) is 0 Å². The van der Waals surface area contributed by atoms with Gasteiger partial charge in [-0.3, -0.25) is 9.59 Å². The molecule has 0 heterocycles. The largest absolute Gasteiger partial charge is 0.494 e. The Hall–Kier alpha value is -3.06. The van der Waals surface area contributed by atoms with Gasteiger partial charge >= 0.3 is 0 Å². The molecule has 0 unspecified atom stereocenters. The molecule has 0 radical (unpaired) electrons. The second-order valence-corrected chi connectivity index (χ2v) is 7.51. The van der Waals surface area contributed by atoms with E-state index >= 15 is 0 Å². The monoisotopic (exact) mass is 441 g/mol. The number of carbonyl (C=O) groups excluding carboxylic acids is 2. The van der Waals surface area contributed by atoms with Crippen molar-refractivity contribution in [3.8, 4) is 5.75 Å². The van der Waals surface area contributed by atoms with Crippen LogP contribution in [0.5, 0.6) is 5.75 Å². The molecule has 7 heteroatoms. The molecule has 0 aromatic heterocycles. The van der Waals surface area contributed by atoms with Crippen LogP contribution in [0.2, 0.25) is 0 Å². The molecule has 2 aromatic rings. The predicted octanol–water partition coefficient (Wildman–Crippen LogP) is 4.46. The Morgan fingerprint density at radius 2 is 1.53 bits per heavy atom. The molecule has 0 fully saturated rings. The normalized spacial score (nSPS) is 10.4. The number of hydrogen-bond donors (Lipinski definition) is 3. The van der Waals surface area contributed by atoms with E-state index in [2.05, 4.69) is 22.9 Å². The number of ether oxygens (including phenoxy) is 2. The van der Waals surface area contributed by atoms with Crippen LogP contribution in [0.4, 0.5) is 11.4 Å². The Bertz CT molecular complexity index is 807. The highest BCUT2D eigenvalue weighted by molar-refractivity contribution is 5.95. The quantitative estimate of drug-likeness (QED) is 0.355. The summed E-state index contributed by atoms with van der Waals surface area (Å²) < 4.78 is 10.7. The average Bonchev–Trinajstić information content (AvgIpc) is 2.81. The maximum atomic E-state index is 12.2. The highest BCUT2D eigenvalue weighted by atomic mass is 16.5. The third kappa shape index (κ3) is 9.83. The van der Waals surface area contributed by atoms with E-state index in [4.69, 9.17) is 9.47 Å². The maximum Gasteiger partial charge on any atom is 0.251 e. The fraction of sp³-hybridized carbons (Fsp3) is 0.440. The van der Waals surface area contributed by atoms with E-state index < -0.39 is 0 Å². The number of methoxy groups -OCH3 is 1. The topological polar surface area (TPSA) is 88.7 Å². The second-order valence-electron chi connectivity index (χ2n) is 7.51. The van der Waals surface area contributed by atoms with Gasteiger partial charge in [-0.1, -0.05) is 32.6 Å². The van der Waals surface area contributed by atoms with E-state index in [1.807, 2.05) is 24.3 Å². The van der Waals surface area contributed by atoms with E-state index in [1.165, 1.54) is 25.7 Å². The van der Waals surface area contributed by atoms with E-state index in [9.17, 15) is 9.59 Å². The predicted molar refractivity (Wildman–Crippen MR) is 128 cm³/mol. The van der Waals surface area contributed by atoms with Gasteiger partial charge in [-0.25, -0.2) is 0 Å². The lowest BCUT2D eigenvalue weighted by Crippen LogP contribution is -2.26. The molecule has 2 aromatic carbocycles. The molecule has 174 valence electrons. The zero-order valence-corrected chi connectivity index (χ0v) is 19.1. The minimum absolute atomic E-state index is 0.120. The molecule has 0 aliphatic heterocycles. The van der Waals surface area contributed by atoms with Crippen molar-refractivity contribution in [3.05, 3.63) is 54.1 Å². The van der Waals surface area contributed by atoms with Crippen molar-refractivity contribution in [3.63, 3.8) is 0 Å². The Balaban J connectivity index is 1.68. The van der Waals surface area contributed by atoms with Gasteiger partial charge in [0.05, 0.1) is 19.8 Å². The highest BCUT2D eigenvalue weighted by Crippen LogP contribution is 2.16. The van der Waals surface area contributed by atoms with Crippen molar-refractivity contribution in [2.45, 2.75) is 39.0 Å². The van der Waals surface area contributed by atoms with E-state index in [-0.39, 0.29) is 18.4 Å². The summed E-state index contributed by atoms with van der Waals surface area (Å²) in [5, 5.41) is 8.67. The smallest absolute Gasteiger partial charge is 0.251 e. The van der Waals surface area contributed by atoms with Gasteiger partial charge in [0.2, 0.25) is 5.91 Å². The summed E-state index contributed by atoms with van der Waals surface area (Å²) in [5.41, 5.74) is 2.03. The van der Waals surface area contributed by atoms with Crippen molar-refractivity contribution in [2.75, 3.05) is 44.0 Å². The lowest BCUT2D eigenvalue weighted by atomic mass is 10.2. The molecule has 0 aliphatic carbocycles. The number of rotatable bonds is 15. The summed E-state index contributed by atoms with van der Waals surface area (Å²) in [6, 6.07) is 14.4. The third-order valence-corrected chi connectivity index (χ3v) is 4.85. The molecule has 2 rings (SSSR count). The maximum absolute atomic E-state index is 12.2. The fourth-order valence-electron chi connectivity index (χ4n) is 3.03. The van der Waals surface area contributed by atoms with Crippen molar-refractivity contribution >= 4 is 23.2 Å².